The minimum absolute atomic E-state index is 0.0385. The van der Waals surface area contributed by atoms with Crippen molar-refractivity contribution in [2.24, 2.45) is 5.73 Å². The molecule has 0 saturated carbocycles. The van der Waals surface area contributed by atoms with E-state index in [2.05, 4.69) is 15.9 Å². The molecular formula is C16H18BrNO2. The Bertz CT molecular complexity index is 567. The van der Waals surface area contributed by atoms with Crippen LogP contribution in [0.15, 0.2) is 46.9 Å². The van der Waals surface area contributed by atoms with E-state index in [1.54, 1.807) is 7.11 Å². The summed E-state index contributed by atoms with van der Waals surface area (Å²) in [4.78, 5) is 0. The zero-order valence-corrected chi connectivity index (χ0v) is 13.2. The maximum atomic E-state index is 5.82. The van der Waals surface area contributed by atoms with Crippen molar-refractivity contribution in [2.75, 3.05) is 7.11 Å². The van der Waals surface area contributed by atoms with Crippen molar-refractivity contribution in [2.45, 2.75) is 19.6 Å². The zero-order valence-electron chi connectivity index (χ0n) is 11.6. The minimum Gasteiger partial charge on any atom is -0.497 e. The molecule has 0 aliphatic heterocycles. The maximum Gasteiger partial charge on any atom is 0.119 e. The molecule has 2 rings (SSSR count). The lowest BCUT2D eigenvalue weighted by Gasteiger charge is -2.11. The van der Waals surface area contributed by atoms with Crippen molar-refractivity contribution >= 4 is 15.9 Å². The van der Waals surface area contributed by atoms with Gasteiger partial charge in [-0.25, -0.2) is 0 Å². The van der Waals surface area contributed by atoms with E-state index < -0.39 is 0 Å². The van der Waals surface area contributed by atoms with Crippen molar-refractivity contribution in [1.29, 1.82) is 0 Å². The molecule has 0 aliphatic rings. The highest BCUT2D eigenvalue weighted by molar-refractivity contribution is 9.10. The summed E-state index contributed by atoms with van der Waals surface area (Å²) in [7, 11) is 1.65. The van der Waals surface area contributed by atoms with Gasteiger partial charge in [0.2, 0.25) is 0 Å². The van der Waals surface area contributed by atoms with Crippen LogP contribution in [0.3, 0.4) is 0 Å². The Morgan fingerprint density at radius 2 is 1.75 bits per heavy atom. The first kappa shape index (κ1) is 14.9. The quantitative estimate of drug-likeness (QED) is 0.896. The van der Waals surface area contributed by atoms with Gasteiger partial charge in [-0.15, -0.1) is 0 Å². The summed E-state index contributed by atoms with van der Waals surface area (Å²) in [6.45, 7) is 2.44. The molecule has 2 N–H and O–H groups in total. The Hall–Kier alpha value is -1.52. The van der Waals surface area contributed by atoms with Gasteiger partial charge in [0, 0.05) is 16.1 Å². The van der Waals surface area contributed by atoms with Crippen LogP contribution < -0.4 is 15.2 Å². The van der Waals surface area contributed by atoms with Crippen LogP contribution in [0.1, 0.15) is 24.1 Å². The second-order valence-electron chi connectivity index (χ2n) is 4.60. The van der Waals surface area contributed by atoms with Gasteiger partial charge in [0.1, 0.15) is 18.1 Å². The normalized spacial score (nSPS) is 12.0. The van der Waals surface area contributed by atoms with E-state index in [9.17, 15) is 0 Å². The predicted octanol–water partition coefficient (Wildman–Crippen LogP) is 4.06. The molecule has 0 radical (unpaired) electrons. The fourth-order valence-corrected chi connectivity index (χ4v) is 2.18. The van der Waals surface area contributed by atoms with Gasteiger partial charge < -0.3 is 15.2 Å². The molecule has 0 amide bonds. The smallest absolute Gasteiger partial charge is 0.119 e. The first-order valence-electron chi connectivity index (χ1n) is 6.41. The van der Waals surface area contributed by atoms with E-state index in [4.69, 9.17) is 15.2 Å². The summed E-state index contributed by atoms with van der Waals surface area (Å²) in [5, 5.41) is 0. The Morgan fingerprint density at radius 3 is 2.35 bits per heavy atom. The van der Waals surface area contributed by atoms with Gasteiger partial charge in [0.25, 0.3) is 0 Å². The molecule has 20 heavy (non-hydrogen) atoms. The van der Waals surface area contributed by atoms with Crippen molar-refractivity contribution < 1.29 is 9.47 Å². The first-order chi connectivity index (χ1) is 9.60. The van der Waals surface area contributed by atoms with Crippen molar-refractivity contribution in [3.05, 3.63) is 58.1 Å². The lowest BCUT2D eigenvalue weighted by molar-refractivity contribution is 0.304. The van der Waals surface area contributed by atoms with Gasteiger partial charge in [-0.2, -0.15) is 0 Å². The van der Waals surface area contributed by atoms with Gasteiger partial charge >= 0.3 is 0 Å². The molecule has 0 heterocycles. The molecule has 2 aromatic carbocycles. The van der Waals surface area contributed by atoms with Gasteiger partial charge in [-0.1, -0.05) is 28.1 Å². The van der Waals surface area contributed by atoms with Gasteiger partial charge in [-0.3, -0.25) is 0 Å². The highest BCUT2D eigenvalue weighted by Gasteiger charge is 2.04. The lowest BCUT2D eigenvalue weighted by Crippen LogP contribution is -2.04. The zero-order chi connectivity index (χ0) is 14.5. The topological polar surface area (TPSA) is 44.5 Å². The summed E-state index contributed by atoms with van der Waals surface area (Å²) < 4.78 is 12.0. The standard InChI is InChI=1S/C16H18BrNO2/c1-11(18)12-3-5-14(6-4-12)20-10-13-9-15(19-2)7-8-16(13)17/h3-9,11H,10,18H2,1-2H3/t11-/m1/s1. The third-order valence-electron chi connectivity index (χ3n) is 3.05. The molecule has 0 aliphatic carbocycles. The van der Waals surface area contributed by atoms with Crippen molar-refractivity contribution in [1.82, 2.24) is 0 Å². The molecule has 0 saturated heterocycles. The average Bonchev–Trinajstić information content (AvgIpc) is 2.47. The van der Waals surface area contributed by atoms with E-state index in [0.29, 0.717) is 6.61 Å². The second-order valence-corrected chi connectivity index (χ2v) is 5.46. The summed E-state index contributed by atoms with van der Waals surface area (Å²) >= 11 is 3.51. The molecule has 4 heteroatoms. The first-order valence-corrected chi connectivity index (χ1v) is 7.20. The maximum absolute atomic E-state index is 5.82. The van der Waals surface area contributed by atoms with Gasteiger partial charge in [0.15, 0.2) is 0 Å². The highest BCUT2D eigenvalue weighted by Crippen LogP contribution is 2.24. The fourth-order valence-electron chi connectivity index (χ4n) is 1.82. The monoisotopic (exact) mass is 335 g/mol. The van der Waals surface area contributed by atoms with E-state index >= 15 is 0 Å². The number of halogens is 1. The molecule has 106 valence electrons. The van der Waals surface area contributed by atoms with Crippen LogP contribution in [0.2, 0.25) is 0 Å². The Labute approximate surface area is 127 Å². The number of nitrogens with two attached hydrogens (primary N) is 1. The molecule has 0 bridgehead atoms. The Balaban J connectivity index is 2.04. The van der Waals surface area contributed by atoms with Crippen LogP contribution in [-0.2, 0) is 6.61 Å². The van der Waals surface area contributed by atoms with Crippen LogP contribution >= 0.6 is 15.9 Å². The number of hydrogen-bond donors (Lipinski definition) is 1. The summed E-state index contributed by atoms with van der Waals surface area (Å²) in [5.74, 6) is 1.64. The molecule has 0 fully saturated rings. The molecule has 3 nitrogen and oxygen atoms in total. The molecule has 1 atom stereocenters. The van der Waals surface area contributed by atoms with Crippen LogP contribution in [0.25, 0.3) is 0 Å². The van der Waals surface area contributed by atoms with E-state index in [1.165, 1.54) is 0 Å². The minimum atomic E-state index is 0.0385. The number of benzene rings is 2. The number of hydrogen-bond acceptors (Lipinski definition) is 3. The molecular weight excluding hydrogens is 318 g/mol. The van der Waals surface area contributed by atoms with Crippen molar-refractivity contribution in [3.8, 4) is 11.5 Å². The second kappa shape index (κ2) is 6.77. The molecule has 0 aromatic heterocycles. The average molecular weight is 336 g/mol. The lowest BCUT2D eigenvalue weighted by atomic mass is 10.1. The largest absolute Gasteiger partial charge is 0.497 e. The van der Waals surface area contributed by atoms with E-state index in [1.807, 2.05) is 49.4 Å². The SMILES string of the molecule is COc1ccc(Br)c(COc2ccc([C@@H](C)N)cc2)c1. The summed E-state index contributed by atoms with van der Waals surface area (Å²) in [5.41, 5.74) is 7.96. The summed E-state index contributed by atoms with van der Waals surface area (Å²) in [6.07, 6.45) is 0. The van der Waals surface area contributed by atoms with Crippen LogP contribution in [0, 0.1) is 0 Å². The van der Waals surface area contributed by atoms with E-state index in [-0.39, 0.29) is 6.04 Å². The predicted molar refractivity (Wildman–Crippen MR) is 84.1 cm³/mol. The molecule has 0 spiro atoms. The van der Waals surface area contributed by atoms with Crippen molar-refractivity contribution in [3.63, 3.8) is 0 Å². The Kier molecular flexibility index (Phi) is 5.04. The number of ether oxygens (including phenoxy) is 2. The van der Waals surface area contributed by atoms with Gasteiger partial charge in [-0.05, 0) is 42.8 Å². The van der Waals surface area contributed by atoms with Crippen LogP contribution in [-0.4, -0.2) is 7.11 Å². The third kappa shape index (κ3) is 3.74. The summed E-state index contributed by atoms with van der Waals surface area (Å²) in [6, 6.07) is 13.7. The number of rotatable bonds is 5. The van der Waals surface area contributed by atoms with Crippen LogP contribution in [0.4, 0.5) is 0 Å². The fraction of sp³-hybridized carbons (Fsp3) is 0.250. The molecule has 0 unspecified atom stereocenters. The molecule has 2 aromatic rings. The number of methoxy groups -OCH3 is 1. The van der Waals surface area contributed by atoms with E-state index in [0.717, 1.165) is 27.1 Å². The van der Waals surface area contributed by atoms with Crippen LogP contribution in [0.5, 0.6) is 11.5 Å². The highest BCUT2D eigenvalue weighted by atomic mass is 79.9. The third-order valence-corrected chi connectivity index (χ3v) is 3.83. The van der Waals surface area contributed by atoms with Gasteiger partial charge in [0.05, 0.1) is 7.11 Å². The Morgan fingerprint density at radius 1 is 1.10 bits per heavy atom.